The summed E-state index contributed by atoms with van der Waals surface area (Å²) < 4.78 is 5.48. The number of aromatic nitrogens is 1. The summed E-state index contributed by atoms with van der Waals surface area (Å²) in [5, 5.41) is 0. The lowest BCUT2D eigenvalue weighted by atomic mass is 9.90. The van der Waals surface area contributed by atoms with Crippen LogP contribution in [-0.4, -0.2) is 4.98 Å². The average Bonchev–Trinajstić information content (AvgIpc) is 2.64. The first-order chi connectivity index (χ1) is 7.56. The Morgan fingerprint density at radius 2 is 1.81 bits per heavy atom. The molecule has 0 radical (unpaired) electrons. The van der Waals surface area contributed by atoms with Gasteiger partial charge in [0.15, 0.2) is 6.39 Å². The van der Waals surface area contributed by atoms with Crippen molar-refractivity contribution in [1.29, 1.82) is 0 Å². The van der Waals surface area contributed by atoms with Gasteiger partial charge < -0.3 is 4.42 Å². The molecule has 0 spiro atoms. The van der Waals surface area contributed by atoms with E-state index in [1.165, 1.54) is 6.39 Å². The Morgan fingerprint density at radius 3 is 2.44 bits per heavy atom. The summed E-state index contributed by atoms with van der Waals surface area (Å²) in [7, 11) is 0. The van der Waals surface area contributed by atoms with E-state index >= 15 is 0 Å². The number of oxazole rings is 1. The second kappa shape index (κ2) is 4.12. The Morgan fingerprint density at radius 1 is 1.12 bits per heavy atom. The minimum atomic E-state index is 0.211. The van der Waals surface area contributed by atoms with E-state index in [2.05, 4.69) is 37.9 Å². The van der Waals surface area contributed by atoms with Gasteiger partial charge in [0, 0.05) is 12.0 Å². The summed E-state index contributed by atoms with van der Waals surface area (Å²) in [6, 6.07) is 10.2. The summed E-state index contributed by atoms with van der Waals surface area (Å²) in [5.74, 6) is 0.971. The van der Waals surface area contributed by atoms with Gasteiger partial charge in [-0.15, -0.1) is 0 Å². The molecule has 0 saturated heterocycles. The summed E-state index contributed by atoms with van der Waals surface area (Å²) >= 11 is 0. The topological polar surface area (TPSA) is 26.0 Å². The number of hydrogen-bond acceptors (Lipinski definition) is 2. The Balaban J connectivity index is 2.33. The Labute approximate surface area is 96.3 Å². The Hall–Kier alpha value is -1.57. The number of nitrogens with zero attached hydrogens (tertiary/aromatic N) is 1. The van der Waals surface area contributed by atoms with Crippen LogP contribution >= 0.6 is 0 Å². The molecule has 0 aliphatic heterocycles. The van der Waals surface area contributed by atoms with Crippen molar-refractivity contribution in [1.82, 2.24) is 4.98 Å². The molecule has 0 aliphatic rings. The fourth-order valence-electron chi connectivity index (χ4n) is 1.71. The van der Waals surface area contributed by atoms with Crippen LogP contribution in [0.25, 0.3) is 11.3 Å². The molecule has 2 rings (SSSR count). The van der Waals surface area contributed by atoms with Crippen LogP contribution in [0, 0.1) is 5.41 Å². The number of rotatable bonds is 2. The molecular formula is C14H17NO. The maximum Gasteiger partial charge on any atom is 0.181 e. The van der Waals surface area contributed by atoms with Crippen molar-refractivity contribution in [2.24, 2.45) is 5.41 Å². The SMILES string of the molecule is CC(C)(C)Cc1ocnc1-c1ccccc1. The van der Waals surface area contributed by atoms with Gasteiger partial charge in [0.05, 0.1) is 0 Å². The van der Waals surface area contributed by atoms with Crippen LogP contribution in [0.1, 0.15) is 26.5 Å². The molecule has 2 heteroatoms. The first-order valence-electron chi connectivity index (χ1n) is 5.54. The van der Waals surface area contributed by atoms with Crippen LogP contribution in [0.4, 0.5) is 0 Å². The maximum absolute atomic E-state index is 5.48. The van der Waals surface area contributed by atoms with Crippen molar-refractivity contribution >= 4 is 0 Å². The molecule has 0 saturated carbocycles. The first-order valence-corrected chi connectivity index (χ1v) is 5.54. The molecular weight excluding hydrogens is 198 g/mol. The highest BCUT2D eigenvalue weighted by atomic mass is 16.3. The van der Waals surface area contributed by atoms with E-state index in [1.54, 1.807) is 0 Å². The van der Waals surface area contributed by atoms with Crippen molar-refractivity contribution in [2.75, 3.05) is 0 Å². The largest absolute Gasteiger partial charge is 0.448 e. The molecule has 1 aromatic carbocycles. The van der Waals surface area contributed by atoms with Crippen LogP contribution < -0.4 is 0 Å². The van der Waals surface area contributed by atoms with E-state index in [9.17, 15) is 0 Å². The molecule has 84 valence electrons. The van der Waals surface area contributed by atoms with E-state index in [0.717, 1.165) is 23.4 Å². The van der Waals surface area contributed by atoms with E-state index in [0.29, 0.717) is 0 Å². The second-order valence-electron chi connectivity index (χ2n) is 5.23. The fourth-order valence-corrected chi connectivity index (χ4v) is 1.71. The third-order valence-electron chi connectivity index (χ3n) is 2.38. The third kappa shape index (κ3) is 2.51. The summed E-state index contributed by atoms with van der Waals surface area (Å²) in [5.41, 5.74) is 2.30. The Kier molecular flexibility index (Phi) is 2.82. The monoisotopic (exact) mass is 215 g/mol. The number of benzene rings is 1. The standard InChI is InChI=1S/C14H17NO/c1-14(2,3)9-12-13(15-10-16-12)11-7-5-4-6-8-11/h4-8,10H,9H2,1-3H3. The zero-order valence-electron chi connectivity index (χ0n) is 10.0. The zero-order chi connectivity index (χ0) is 11.6. The van der Waals surface area contributed by atoms with Gasteiger partial charge in [-0.05, 0) is 5.41 Å². The number of hydrogen-bond donors (Lipinski definition) is 0. The molecule has 0 fully saturated rings. The van der Waals surface area contributed by atoms with E-state index in [1.807, 2.05) is 18.2 Å². The van der Waals surface area contributed by atoms with Crippen molar-refractivity contribution in [3.05, 3.63) is 42.5 Å². The predicted molar refractivity (Wildman–Crippen MR) is 65.1 cm³/mol. The highest BCUT2D eigenvalue weighted by molar-refractivity contribution is 5.60. The van der Waals surface area contributed by atoms with Gasteiger partial charge in [-0.1, -0.05) is 51.1 Å². The van der Waals surface area contributed by atoms with Crippen LogP contribution in [-0.2, 0) is 6.42 Å². The van der Waals surface area contributed by atoms with Crippen molar-refractivity contribution in [2.45, 2.75) is 27.2 Å². The van der Waals surface area contributed by atoms with Gasteiger partial charge in [0.25, 0.3) is 0 Å². The highest BCUT2D eigenvalue weighted by Gasteiger charge is 2.18. The summed E-state index contributed by atoms with van der Waals surface area (Å²) in [4.78, 5) is 4.30. The zero-order valence-corrected chi connectivity index (χ0v) is 10.0. The van der Waals surface area contributed by atoms with Crippen LogP contribution in [0.5, 0.6) is 0 Å². The summed E-state index contributed by atoms with van der Waals surface area (Å²) in [6.07, 6.45) is 2.43. The van der Waals surface area contributed by atoms with Crippen molar-refractivity contribution < 1.29 is 4.42 Å². The molecule has 2 aromatic rings. The third-order valence-corrected chi connectivity index (χ3v) is 2.38. The molecule has 1 aromatic heterocycles. The molecule has 0 bridgehead atoms. The van der Waals surface area contributed by atoms with Gasteiger partial charge in [-0.3, -0.25) is 0 Å². The van der Waals surface area contributed by atoms with Gasteiger partial charge in [0.2, 0.25) is 0 Å². The van der Waals surface area contributed by atoms with E-state index < -0.39 is 0 Å². The van der Waals surface area contributed by atoms with E-state index in [4.69, 9.17) is 4.42 Å². The minimum absolute atomic E-state index is 0.211. The van der Waals surface area contributed by atoms with Crippen LogP contribution in [0.3, 0.4) is 0 Å². The molecule has 0 atom stereocenters. The molecule has 2 nitrogen and oxygen atoms in total. The van der Waals surface area contributed by atoms with Crippen molar-refractivity contribution in [3.8, 4) is 11.3 Å². The van der Waals surface area contributed by atoms with E-state index in [-0.39, 0.29) is 5.41 Å². The quantitative estimate of drug-likeness (QED) is 0.758. The lowest BCUT2D eigenvalue weighted by molar-refractivity contribution is 0.363. The highest BCUT2D eigenvalue weighted by Crippen LogP contribution is 2.28. The molecule has 0 aliphatic carbocycles. The lowest BCUT2D eigenvalue weighted by Gasteiger charge is -2.16. The van der Waals surface area contributed by atoms with Gasteiger partial charge in [-0.2, -0.15) is 0 Å². The molecule has 0 unspecified atom stereocenters. The molecule has 0 amide bonds. The molecule has 1 heterocycles. The average molecular weight is 215 g/mol. The first kappa shape index (κ1) is 10.9. The lowest BCUT2D eigenvalue weighted by Crippen LogP contribution is -2.09. The maximum atomic E-state index is 5.48. The van der Waals surface area contributed by atoms with Gasteiger partial charge in [-0.25, -0.2) is 4.98 Å². The summed E-state index contributed by atoms with van der Waals surface area (Å²) in [6.45, 7) is 6.60. The smallest absolute Gasteiger partial charge is 0.181 e. The molecule has 0 N–H and O–H groups in total. The normalized spacial score (nSPS) is 11.7. The van der Waals surface area contributed by atoms with Gasteiger partial charge >= 0.3 is 0 Å². The van der Waals surface area contributed by atoms with Crippen LogP contribution in [0.15, 0.2) is 41.1 Å². The van der Waals surface area contributed by atoms with Crippen LogP contribution in [0.2, 0.25) is 0 Å². The second-order valence-corrected chi connectivity index (χ2v) is 5.23. The van der Waals surface area contributed by atoms with Crippen molar-refractivity contribution in [3.63, 3.8) is 0 Å². The predicted octanol–water partition coefficient (Wildman–Crippen LogP) is 3.93. The van der Waals surface area contributed by atoms with Gasteiger partial charge in [0.1, 0.15) is 11.5 Å². The minimum Gasteiger partial charge on any atom is -0.448 e. The fraction of sp³-hybridized carbons (Fsp3) is 0.357. The molecule has 16 heavy (non-hydrogen) atoms. The Bertz CT molecular complexity index is 451.